The van der Waals surface area contributed by atoms with Crippen LogP contribution in [0, 0.1) is 0 Å². The van der Waals surface area contributed by atoms with Crippen molar-refractivity contribution in [3.05, 3.63) is 36.7 Å². The highest BCUT2D eigenvalue weighted by atomic mass is 19.3. The number of ether oxygens (including phenoxy) is 2. The first-order valence-electron chi connectivity index (χ1n) is 9.73. The first-order chi connectivity index (χ1) is 15.0. The Morgan fingerprint density at radius 1 is 1.13 bits per heavy atom. The van der Waals surface area contributed by atoms with Crippen molar-refractivity contribution in [3.63, 3.8) is 0 Å². The summed E-state index contributed by atoms with van der Waals surface area (Å²) in [5.74, 6) is 0.445. The van der Waals surface area contributed by atoms with Crippen LogP contribution < -0.4 is 20.1 Å². The number of hydrogen-bond acceptors (Lipinski definition) is 9. The van der Waals surface area contributed by atoms with E-state index in [0.29, 0.717) is 23.4 Å². The van der Waals surface area contributed by atoms with E-state index in [1.165, 1.54) is 16.9 Å². The summed E-state index contributed by atoms with van der Waals surface area (Å²) in [4.78, 5) is 19.3. The lowest BCUT2D eigenvalue weighted by molar-refractivity contribution is -0.286. The normalized spacial score (nSPS) is 19.9. The van der Waals surface area contributed by atoms with E-state index in [1.54, 1.807) is 18.5 Å². The van der Waals surface area contributed by atoms with Crippen molar-refractivity contribution >= 4 is 28.2 Å². The predicted octanol–water partition coefficient (Wildman–Crippen LogP) is 2.36. The molecular formula is C19H16F2N8O2. The molecule has 0 amide bonds. The van der Waals surface area contributed by atoms with E-state index in [1.807, 2.05) is 0 Å². The van der Waals surface area contributed by atoms with E-state index in [0.717, 1.165) is 25.1 Å². The molecule has 10 nitrogen and oxygen atoms in total. The molecule has 2 aliphatic rings. The Balaban J connectivity index is 1.42. The molecule has 2 N–H and O–H groups in total. The second-order valence-corrected chi connectivity index (χ2v) is 7.51. The molecule has 2 aliphatic heterocycles. The van der Waals surface area contributed by atoms with Crippen LogP contribution in [-0.2, 0) is 0 Å². The molecule has 1 saturated heterocycles. The third-order valence-corrected chi connectivity index (χ3v) is 5.55. The van der Waals surface area contributed by atoms with Gasteiger partial charge in [-0.15, -0.1) is 13.9 Å². The molecule has 6 rings (SSSR count). The summed E-state index contributed by atoms with van der Waals surface area (Å²) in [6, 6.07) is 3.01. The molecule has 0 bridgehead atoms. The fourth-order valence-electron chi connectivity index (χ4n) is 4.16. The zero-order valence-electron chi connectivity index (χ0n) is 16.1. The minimum atomic E-state index is -3.75. The van der Waals surface area contributed by atoms with Crippen LogP contribution in [0.5, 0.6) is 11.5 Å². The molecule has 158 valence electrons. The van der Waals surface area contributed by atoms with Gasteiger partial charge in [0.25, 0.3) is 0 Å². The third-order valence-electron chi connectivity index (χ3n) is 5.55. The first-order valence-corrected chi connectivity index (χ1v) is 9.73. The molecule has 0 saturated carbocycles. The Morgan fingerprint density at radius 3 is 2.81 bits per heavy atom. The van der Waals surface area contributed by atoms with Crippen molar-refractivity contribution in [2.75, 3.05) is 23.7 Å². The van der Waals surface area contributed by atoms with Crippen molar-refractivity contribution in [1.29, 1.82) is 0 Å². The Kier molecular flexibility index (Phi) is 3.67. The maximum absolute atomic E-state index is 13.6. The summed E-state index contributed by atoms with van der Waals surface area (Å²) >= 11 is 0. The van der Waals surface area contributed by atoms with Gasteiger partial charge in [-0.1, -0.05) is 0 Å². The highest BCUT2D eigenvalue weighted by molar-refractivity contribution is 5.97. The van der Waals surface area contributed by atoms with Gasteiger partial charge < -0.3 is 20.1 Å². The Morgan fingerprint density at radius 2 is 1.97 bits per heavy atom. The maximum atomic E-state index is 13.6. The van der Waals surface area contributed by atoms with Crippen molar-refractivity contribution in [2.45, 2.75) is 25.1 Å². The summed E-state index contributed by atoms with van der Waals surface area (Å²) in [6.07, 6.45) is 3.17. The van der Waals surface area contributed by atoms with Gasteiger partial charge in [0.05, 0.1) is 18.1 Å². The maximum Gasteiger partial charge on any atom is 0.586 e. The van der Waals surface area contributed by atoms with Crippen LogP contribution in [0.15, 0.2) is 30.9 Å². The second kappa shape index (κ2) is 6.33. The minimum Gasteiger partial charge on any atom is -0.395 e. The average molecular weight is 426 g/mol. The Bertz CT molecular complexity index is 1310. The fraction of sp³-hybridized carbons (Fsp3) is 0.316. The molecule has 4 aromatic rings. The fourth-order valence-corrected chi connectivity index (χ4v) is 4.16. The standard InChI is InChI=1S/C19H16F2N8O2/c20-19(21)30-13-4-3-12-14(15(13)31-19)25-18(22)29-17(12)26-16(27-29)10-2-1-5-28(8-10)11-6-23-9-24-7-11/h3-4,6-7,9-10H,1-2,5,8H2,(H2,22,25)/t10-/m1/s1. The molecule has 0 radical (unpaired) electrons. The SMILES string of the molecule is Nc1nc2c3c(ccc2c2nc([C@@H]4CCCN(c5cncnc5)C4)nn12)OC(F)(F)O3. The quantitative estimate of drug-likeness (QED) is 0.515. The molecule has 1 fully saturated rings. The van der Waals surface area contributed by atoms with Gasteiger partial charge >= 0.3 is 6.29 Å². The Hall–Kier alpha value is -3.83. The lowest BCUT2D eigenvalue weighted by Crippen LogP contribution is -2.34. The zero-order chi connectivity index (χ0) is 21.2. The highest BCUT2D eigenvalue weighted by Gasteiger charge is 2.45. The first kappa shape index (κ1) is 18.0. The number of piperidine rings is 1. The van der Waals surface area contributed by atoms with Crippen molar-refractivity contribution in [1.82, 2.24) is 29.5 Å². The average Bonchev–Trinajstić information content (AvgIpc) is 3.36. The number of halogens is 2. The molecule has 0 aliphatic carbocycles. The highest BCUT2D eigenvalue weighted by Crippen LogP contribution is 2.45. The summed E-state index contributed by atoms with van der Waals surface area (Å²) < 4.78 is 37.7. The minimum absolute atomic E-state index is 0.0255. The molecule has 12 heteroatoms. The Labute approximate surface area is 173 Å². The predicted molar refractivity (Wildman–Crippen MR) is 105 cm³/mol. The molecule has 1 aromatic carbocycles. The topological polar surface area (TPSA) is 117 Å². The van der Waals surface area contributed by atoms with E-state index in [-0.39, 0.29) is 28.9 Å². The number of nitrogen functional groups attached to an aromatic ring is 1. The van der Waals surface area contributed by atoms with Gasteiger partial charge in [0.1, 0.15) is 11.8 Å². The summed E-state index contributed by atoms with van der Waals surface area (Å²) in [6.45, 7) is 1.59. The van der Waals surface area contributed by atoms with Gasteiger partial charge in [0.2, 0.25) is 5.95 Å². The van der Waals surface area contributed by atoms with Crippen LogP contribution in [0.1, 0.15) is 24.6 Å². The zero-order valence-corrected chi connectivity index (χ0v) is 16.1. The number of anilines is 2. The summed E-state index contributed by atoms with van der Waals surface area (Å²) in [5, 5.41) is 5.07. The van der Waals surface area contributed by atoms with E-state index in [4.69, 9.17) is 10.7 Å². The number of aromatic nitrogens is 6. The van der Waals surface area contributed by atoms with Crippen LogP contribution in [-0.4, -0.2) is 48.9 Å². The molecule has 3 aromatic heterocycles. The van der Waals surface area contributed by atoms with Gasteiger partial charge in [0, 0.05) is 24.4 Å². The monoisotopic (exact) mass is 426 g/mol. The lowest BCUT2D eigenvalue weighted by Gasteiger charge is -2.32. The number of hydrogen-bond donors (Lipinski definition) is 1. The van der Waals surface area contributed by atoms with E-state index >= 15 is 0 Å². The molecule has 0 unspecified atom stereocenters. The summed E-state index contributed by atoms with van der Waals surface area (Å²) in [7, 11) is 0. The summed E-state index contributed by atoms with van der Waals surface area (Å²) in [5.41, 5.74) is 7.61. The molecule has 31 heavy (non-hydrogen) atoms. The van der Waals surface area contributed by atoms with Gasteiger partial charge in [-0.25, -0.2) is 19.9 Å². The van der Waals surface area contributed by atoms with Crippen LogP contribution in [0.2, 0.25) is 0 Å². The van der Waals surface area contributed by atoms with E-state index in [9.17, 15) is 8.78 Å². The third kappa shape index (κ3) is 2.86. The number of benzene rings is 1. The van der Waals surface area contributed by atoms with Crippen molar-refractivity contribution in [3.8, 4) is 11.5 Å². The number of rotatable bonds is 2. The van der Waals surface area contributed by atoms with Crippen molar-refractivity contribution in [2.24, 2.45) is 0 Å². The number of alkyl halides is 2. The van der Waals surface area contributed by atoms with Crippen LogP contribution >= 0.6 is 0 Å². The second-order valence-electron chi connectivity index (χ2n) is 7.51. The molecule has 1 atom stereocenters. The number of nitrogens with zero attached hydrogens (tertiary/aromatic N) is 7. The van der Waals surface area contributed by atoms with Gasteiger partial charge in [-0.05, 0) is 25.0 Å². The van der Waals surface area contributed by atoms with Crippen LogP contribution in [0.4, 0.5) is 20.4 Å². The van der Waals surface area contributed by atoms with Crippen LogP contribution in [0.25, 0.3) is 16.6 Å². The van der Waals surface area contributed by atoms with Gasteiger partial charge in [0.15, 0.2) is 23.0 Å². The van der Waals surface area contributed by atoms with E-state index < -0.39 is 6.29 Å². The molecule has 5 heterocycles. The lowest BCUT2D eigenvalue weighted by atomic mass is 9.97. The largest absolute Gasteiger partial charge is 0.586 e. The molecule has 0 spiro atoms. The van der Waals surface area contributed by atoms with Gasteiger partial charge in [-0.3, -0.25) is 0 Å². The molecular weight excluding hydrogens is 410 g/mol. The van der Waals surface area contributed by atoms with E-state index in [2.05, 4.69) is 34.4 Å². The van der Waals surface area contributed by atoms with Gasteiger partial charge in [-0.2, -0.15) is 4.52 Å². The number of nitrogens with two attached hydrogens (primary N) is 1. The van der Waals surface area contributed by atoms with Crippen molar-refractivity contribution < 1.29 is 18.3 Å². The smallest absolute Gasteiger partial charge is 0.395 e. The van der Waals surface area contributed by atoms with Crippen LogP contribution in [0.3, 0.4) is 0 Å². The number of fused-ring (bicyclic) bond motifs is 5.